The number of allylic oxidation sites excluding steroid dienone is 1. The SMILES string of the molecule is COc1ccc(COCCC/C=C(\C)CO)cc1. The van der Waals surface area contributed by atoms with E-state index in [2.05, 4.69) is 6.08 Å². The lowest BCUT2D eigenvalue weighted by atomic mass is 10.2. The molecule has 0 atom stereocenters. The number of aliphatic hydroxyl groups is 1. The summed E-state index contributed by atoms with van der Waals surface area (Å²) < 4.78 is 10.7. The Morgan fingerprint density at radius 2 is 2.00 bits per heavy atom. The van der Waals surface area contributed by atoms with Gasteiger partial charge < -0.3 is 14.6 Å². The van der Waals surface area contributed by atoms with Crippen molar-refractivity contribution in [1.29, 1.82) is 0 Å². The number of benzene rings is 1. The van der Waals surface area contributed by atoms with Crippen LogP contribution in [0.5, 0.6) is 5.75 Å². The zero-order valence-electron chi connectivity index (χ0n) is 11.2. The highest BCUT2D eigenvalue weighted by molar-refractivity contribution is 5.26. The molecule has 0 aliphatic heterocycles. The van der Waals surface area contributed by atoms with Gasteiger partial charge in [-0.05, 0) is 37.5 Å². The fraction of sp³-hybridized carbons (Fsp3) is 0.467. The summed E-state index contributed by atoms with van der Waals surface area (Å²) in [5.41, 5.74) is 2.17. The Labute approximate surface area is 109 Å². The number of hydrogen-bond donors (Lipinski definition) is 1. The van der Waals surface area contributed by atoms with Crippen molar-refractivity contribution in [1.82, 2.24) is 0 Å². The van der Waals surface area contributed by atoms with Crippen molar-refractivity contribution in [2.75, 3.05) is 20.3 Å². The van der Waals surface area contributed by atoms with Gasteiger partial charge in [0.1, 0.15) is 5.75 Å². The quantitative estimate of drug-likeness (QED) is 0.569. The van der Waals surface area contributed by atoms with Crippen LogP contribution in [0.4, 0.5) is 0 Å². The summed E-state index contributed by atoms with van der Waals surface area (Å²) >= 11 is 0. The molecule has 1 aromatic carbocycles. The van der Waals surface area contributed by atoms with Gasteiger partial charge >= 0.3 is 0 Å². The molecule has 0 heterocycles. The van der Waals surface area contributed by atoms with Crippen molar-refractivity contribution in [3.63, 3.8) is 0 Å². The highest BCUT2D eigenvalue weighted by Crippen LogP contribution is 2.12. The summed E-state index contributed by atoms with van der Waals surface area (Å²) in [5.74, 6) is 0.864. The molecule has 0 radical (unpaired) electrons. The molecule has 1 aromatic rings. The van der Waals surface area contributed by atoms with Crippen LogP contribution in [-0.4, -0.2) is 25.4 Å². The lowest BCUT2D eigenvalue weighted by Gasteiger charge is -2.05. The Kier molecular flexibility index (Phi) is 7.14. The maximum atomic E-state index is 8.82. The van der Waals surface area contributed by atoms with Gasteiger partial charge in [-0.25, -0.2) is 0 Å². The molecular weight excluding hydrogens is 228 g/mol. The number of rotatable bonds is 8. The van der Waals surface area contributed by atoms with Gasteiger partial charge in [0.25, 0.3) is 0 Å². The highest BCUT2D eigenvalue weighted by atomic mass is 16.5. The first-order valence-corrected chi connectivity index (χ1v) is 6.23. The summed E-state index contributed by atoms with van der Waals surface area (Å²) in [6.45, 7) is 3.44. The van der Waals surface area contributed by atoms with Crippen LogP contribution in [0.1, 0.15) is 25.3 Å². The second-order valence-electron chi connectivity index (χ2n) is 4.25. The number of methoxy groups -OCH3 is 1. The van der Waals surface area contributed by atoms with E-state index in [0.29, 0.717) is 6.61 Å². The van der Waals surface area contributed by atoms with Crippen molar-refractivity contribution >= 4 is 0 Å². The van der Waals surface area contributed by atoms with Crippen LogP contribution in [0.15, 0.2) is 35.9 Å². The summed E-state index contributed by atoms with van der Waals surface area (Å²) in [4.78, 5) is 0. The largest absolute Gasteiger partial charge is 0.497 e. The fourth-order valence-corrected chi connectivity index (χ4v) is 1.51. The normalized spacial score (nSPS) is 11.6. The van der Waals surface area contributed by atoms with E-state index in [0.717, 1.165) is 36.3 Å². The summed E-state index contributed by atoms with van der Waals surface area (Å²) in [6, 6.07) is 7.89. The van der Waals surface area contributed by atoms with Crippen LogP contribution < -0.4 is 4.74 Å². The summed E-state index contributed by atoms with van der Waals surface area (Å²) in [7, 11) is 1.66. The molecule has 1 N–H and O–H groups in total. The van der Waals surface area contributed by atoms with Crippen molar-refractivity contribution < 1.29 is 14.6 Å². The van der Waals surface area contributed by atoms with Crippen molar-refractivity contribution in [2.45, 2.75) is 26.4 Å². The van der Waals surface area contributed by atoms with Gasteiger partial charge in [-0.3, -0.25) is 0 Å². The van der Waals surface area contributed by atoms with Crippen molar-refractivity contribution in [2.24, 2.45) is 0 Å². The average Bonchev–Trinajstić information content (AvgIpc) is 2.43. The molecule has 0 saturated carbocycles. The molecule has 0 aromatic heterocycles. The Morgan fingerprint density at radius 3 is 2.61 bits per heavy atom. The first-order valence-electron chi connectivity index (χ1n) is 6.23. The Hall–Kier alpha value is -1.32. The predicted molar refractivity (Wildman–Crippen MR) is 72.7 cm³/mol. The molecule has 0 fully saturated rings. The minimum absolute atomic E-state index is 0.146. The first kappa shape index (κ1) is 14.7. The van der Waals surface area contributed by atoms with Crippen LogP contribution in [0.3, 0.4) is 0 Å². The van der Waals surface area contributed by atoms with Gasteiger partial charge in [0, 0.05) is 6.61 Å². The maximum Gasteiger partial charge on any atom is 0.118 e. The van der Waals surface area contributed by atoms with E-state index in [4.69, 9.17) is 14.6 Å². The van der Waals surface area contributed by atoms with Gasteiger partial charge in [-0.2, -0.15) is 0 Å². The number of hydrogen-bond acceptors (Lipinski definition) is 3. The second kappa shape index (κ2) is 8.72. The molecule has 0 saturated heterocycles. The number of aliphatic hydroxyl groups excluding tert-OH is 1. The van der Waals surface area contributed by atoms with Crippen LogP contribution in [0.25, 0.3) is 0 Å². The molecular formula is C15H22O3. The minimum atomic E-state index is 0.146. The molecule has 3 heteroatoms. The van der Waals surface area contributed by atoms with Gasteiger partial charge in [0.2, 0.25) is 0 Å². The third-order valence-corrected chi connectivity index (χ3v) is 2.66. The van der Waals surface area contributed by atoms with Crippen LogP contribution >= 0.6 is 0 Å². The Bertz CT molecular complexity index is 355. The topological polar surface area (TPSA) is 38.7 Å². The van der Waals surface area contributed by atoms with E-state index in [1.807, 2.05) is 31.2 Å². The number of ether oxygens (including phenoxy) is 2. The first-order chi connectivity index (χ1) is 8.76. The van der Waals surface area contributed by atoms with E-state index in [-0.39, 0.29) is 6.61 Å². The zero-order chi connectivity index (χ0) is 13.2. The summed E-state index contributed by atoms with van der Waals surface area (Å²) in [6.07, 6.45) is 3.99. The Morgan fingerprint density at radius 1 is 1.28 bits per heavy atom. The minimum Gasteiger partial charge on any atom is -0.497 e. The van der Waals surface area contributed by atoms with Crippen LogP contribution in [-0.2, 0) is 11.3 Å². The van der Waals surface area contributed by atoms with Crippen molar-refractivity contribution in [3.05, 3.63) is 41.5 Å². The van der Waals surface area contributed by atoms with E-state index < -0.39 is 0 Å². The highest BCUT2D eigenvalue weighted by Gasteiger charge is 1.95. The second-order valence-corrected chi connectivity index (χ2v) is 4.25. The van der Waals surface area contributed by atoms with E-state index in [1.165, 1.54) is 0 Å². The van der Waals surface area contributed by atoms with Gasteiger partial charge in [-0.1, -0.05) is 23.8 Å². The van der Waals surface area contributed by atoms with Gasteiger partial charge in [0.05, 0.1) is 20.3 Å². The molecule has 0 aliphatic rings. The standard InChI is InChI=1S/C15H22O3/c1-13(11-16)5-3-4-10-18-12-14-6-8-15(17-2)9-7-14/h5-9,16H,3-4,10-12H2,1-2H3/b13-5+. The van der Waals surface area contributed by atoms with Gasteiger partial charge in [0.15, 0.2) is 0 Å². The number of unbranched alkanes of at least 4 members (excludes halogenated alkanes) is 1. The molecule has 0 bridgehead atoms. The molecule has 18 heavy (non-hydrogen) atoms. The van der Waals surface area contributed by atoms with Crippen molar-refractivity contribution in [3.8, 4) is 5.75 Å². The molecule has 0 amide bonds. The molecule has 1 rings (SSSR count). The summed E-state index contributed by atoms with van der Waals surface area (Å²) in [5, 5.41) is 8.82. The average molecular weight is 250 g/mol. The molecule has 0 aliphatic carbocycles. The van der Waals surface area contributed by atoms with Gasteiger partial charge in [-0.15, -0.1) is 0 Å². The van der Waals surface area contributed by atoms with E-state index in [1.54, 1.807) is 7.11 Å². The fourth-order valence-electron chi connectivity index (χ4n) is 1.51. The van der Waals surface area contributed by atoms with Crippen LogP contribution in [0, 0.1) is 0 Å². The molecule has 3 nitrogen and oxygen atoms in total. The smallest absolute Gasteiger partial charge is 0.118 e. The van der Waals surface area contributed by atoms with E-state index >= 15 is 0 Å². The third kappa shape index (κ3) is 5.84. The third-order valence-electron chi connectivity index (χ3n) is 2.66. The lowest BCUT2D eigenvalue weighted by Crippen LogP contribution is -1.95. The van der Waals surface area contributed by atoms with E-state index in [9.17, 15) is 0 Å². The lowest BCUT2D eigenvalue weighted by molar-refractivity contribution is 0.119. The Balaban J connectivity index is 2.14. The van der Waals surface area contributed by atoms with Crippen LogP contribution in [0.2, 0.25) is 0 Å². The monoisotopic (exact) mass is 250 g/mol. The zero-order valence-corrected chi connectivity index (χ0v) is 11.2. The molecule has 100 valence electrons. The maximum absolute atomic E-state index is 8.82. The molecule has 0 spiro atoms. The predicted octanol–water partition coefficient (Wildman–Crippen LogP) is 2.93. The molecule has 0 unspecified atom stereocenters.